The van der Waals surface area contributed by atoms with Gasteiger partial charge in [-0.1, -0.05) is 14.9 Å². The summed E-state index contributed by atoms with van der Waals surface area (Å²) in [5.41, 5.74) is -0.873. The Balaban J connectivity index is -0.000000399. The van der Waals surface area contributed by atoms with Gasteiger partial charge in [0.05, 0.1) is 18.4 Å². The van der Waals surface area contributed by atoms with Crippen LogP contribution in [0.2, 0.25) is 0 Å². The second kappa shape index (κ2) is 6.50. The third kappa shape index (κ3) is 3.98. The molecule has 1 saturated heterocycles. The number of halogens is 2. The van der Waals surface area contributed by atoms with Crippen molar-refractivity contribution in [2.75, 3.05) is 13.9 Å². The lowest BCUT2D eigenvalue weighted by Crippen LogP contribution is -2.41. The van der Waals surface area contributed by atoms with Crippen LogP contribution in [-0.4, -0.2) is 30.8 Å². The van der Waals surface area contributed by atoms with Gasteiger partial charge in [0.1, 0.15) is 6.67 Å². The van der Waals surface area contributed by atoms with Crippen molar-refractivity contribution in [2.45, 2.75) is 66.5 Å². The molecule has 102 valence electrons. The zero-order valence-corrected chi connectivity index (χ0v) is 9.78. The van der Waals surface area contributed by atoms with Crippen LogP contribution >= 0.6 is 0 Å². The molecule has 0 aliphatic carbocycles. The Hall–Kier alpha value is -0.220. The van der Waals surface area contributed by atoms with Gasteiger partial charge >= 0.3 is 0 Å². The third-order valence-electron chi connectivity index (χ3n) is 2.63. The van der Waals surface area contributed by atoms with Crippen molar-refractivity contribution in [1.29, 1.82) is 0 Å². The van der Waals surface area contributed by atoms with E-state index >= 15 is 0 Å². The van der Waals surface area contributed by atoms with E-state index in [0.29, 0.717) is 7.18 Å². The first-order valence-electron chi connectivity index (χ1n) is 4.57. The molecule has 0 bridgehead atoms. The van der Waals surface area contributed by atoms with Gasteiger partial charge in [0.2, 0.25) is 0 Å². The van der Waals surface area contributed by atoms with Gasteiger partial charge in [-0.25, -0.2) is 4.39 Å². The topological polar surface area (TPSA) is 18.5 Å². The zero-order chi connectivity index (χ0) is 11.6. The molecule has 0 spiro atoms. The minimum atomic E-state index is -1.06. The highest BCUT2D eigenvalue weighted by Gasteiger charge is 2.54. The molecule has 2 nitrogen and oxygen atoms in total. The van der Waals surface area contributed by atoms with E-state index in [1.807, 2.05) is 27.7 Å². The second-order valence-corrected chi connectivity index (χ2v) is 4.49. The van der Waals surface area contributed by atoms with Crippen molar-refractivity contribution >= 4 is 0 Å². The van der Waals surface area contributed by atoms with Crippen molar-refractivity contribution in [2.24, 2.45) is 0 Å². The maximum Gasteiger partial charge on any atom is 0.195 e. The van der Waals surface area contributed by atoms with Crippen LogP contribution in [0, 0.1) is 0 Å². The smallest absolute Gasteiger partial charge is 0.195 e. The Bertz CT molecular complexity index is 175. The first-order valence-corrected chi connectivity index (χ1v) is 4.57. The summed E-state index contributed by atoms with van der Waals surface area (Å²) in [5, 5.41) is 0. The van der Waals surface area contributed by atoms with Crippen LogP contribution in [0.5, 0.6) is 0 Å². The molecule has 0 saturated carbocycles. The van der Waals surface area contributed by atoms with E-state index in [1.54, 1.807) is 6.92 Å². The van der Waals surface area contributed by atoms with E-state index in [2.05, 4.69) is 0 Å². The number of hydrogen-bond donors (Lipinski definition) is 0. The van der Waals surface area contributed by atoms with Gasteiger partial charge in [-0.3, -0.25) is 4.39 Å². The van der Waals surface area contributed by atoms with Crippen LogP contribution in [0.3, 0.4) is 0 Å². The number of ether oxygens (including phenoxy) is 2. The molecule has 0 radical (unpaired) electrons. The molecule has 1 heterocycles. The molecule has 1 aliphatic heterocycles. The summed E-state index contributed by atoms with van der Waals surface area (Å²) in [6, 6.07) is 0. The molecular formula is C12H28F2O2. The van der Waals surface area contributed by atoms with Gasteiger partial charge in [-0.15, -0.1) is 0 Å². The van der Waals surface area contributed by atoms with Crippen LogP contribution in [0.25, 0.3) is 0 Å². The maximum absolute atomic E-state index is 12.5. The lowest BCUT2D eigenvalue weighted by atomic mass is 9.90. The minimum Gasteiger partial charge on any atom is -0.339 e. The Morgan fingerprint density at radius 3 is 1.19 bits per heavy atom. The molecule has 0 aromatic carbocycles. The van der Waals surface area contributed by atoms with Crippen molar-refractivity contribution in [3.63, 3.8) is 0 Å². The van der Waals surface area contributed by atoms with Crippen LogP contribution in [0.15, 0.2) is 0 Å². The number of hydrogen-bond acceptors (Lipinski definition) is 2. The van der Waals surface area contributed by atoms with Crippen molar-refractivity contribution in [3.05, 3.63) is 0 Å². The largest absolute Gasteiger partial charge is 0.339 e. The van der Waals surface area contributed by atoms with Gasteiger partial charge < -0.3 is 9.47 Å². The van der Waals surface area contributed by atoms with Gasteiger partial charge in [0.15, 0.2) is 5.79 Å². The standard InChI is InChI=1S/C9H17FO2.CH3F.2CH4/c1-7(2)8(3,4)12-9(5,6-10)11-7;1-2;;/h6H2,1-5H3;1H3;2*1H4. The summed E-state index contributed by atoms with van der Waals surface area (Å²) in [4.78, 5) is 0. The molecule has 16 heavy (non-hydrogen) atoms. The molecule has 0 unspecified atom stereocenters. The van der Waals surface area contributed by atoms with Crippen LogP contribution in [-0.2, 0) is 9.47 Å². The summed E-state index contributed by atoms with van der Waals surface area (Å²) >= 11 is 0. The lowest BCUT2D eigenvalue weighted by molar-refractivity contribution is -0.187. The van der Waals surface area contributed by atoms with Crippen molar-refractivity contribution in [1.82, 2.24) is 0 Å². The quantitative estimate of drug-likeness (QED) is 0.688. The predicted molar refractivity (Wildman–Crippen MR) is 65.2 cm³/mol. The first-order chi connectivity index (χ1) is 6.22. The summed E-state index contributed by atoms with van der Waals surface area (Å²) in [6.07, 6.45) is 0. The molecule has 0 N–H and O–H groups in total. The summed E-state index contributed by atoms with van der Waals surface area (Å²) in [5.74, 6) is -1.06. The van der Waals surface area contributed by atoms with Gasteiger partial charge in [0, 0.05) is 0 Å². The van der Waals surface area contributed by atoms with Crippen LogP contribution in [0.4, 0.5) is 8.78 Å². The van der Waals surface area contributed by atoms with E-state index in [4.69, 9.17) is 9.47 Å². The van der Waals surface area contributed by atoms with Crippen molar-refractivity contribution in [3.8, 4) is 0 Å². The Kier molecular flexibility index (Phi) is 8.57. The Morgan fingerprint density at radius 2 is 1.06 bits per heavy atom. The molecule has 0 amide bonds. The average Bonchev–Trinajstić information content (AvgIpc) is 2.21. The number of alkyl halides is 2. The predicted octanol–water partition coefficient (Wildman–Crippen LogP) is 4.13. The molecule has 1 rings (SSSR count). The SMILES string of the molecule is C.C.CC1(CF)OC(C)(C)C(C)(C)O1.CF. The molecule has 0 aromatic heterocycles. The average molecular weight is 242 g/mol. The zero-order valence-electron chi connectivity index (χ0n) is 9.78. The molecular weight excluding hydrogens is 214 g/mol. The van der Waals surface area contributed by atoms with Gasteiger partial charge in [-0.2, -0.15) is 0 Å². The lowest BCUT2D eigenvalue weighted by Gasteiger charge is -2.30. The van der Waals surface area contributed by atoms with E-state index in [0.717, 1.165) is 0 Å². The fourth-order valence-electron chi connectivity index (χ4n) is 1.40. The minimum absolute atomic E-state index is 0. The first kappa shape index (κ1) is 21.1. The van der Waals surface area contributed by atoms with E-state index in [-0.39, 0.29) is 14.9 Å². The highest BCUT2D eigenvalue weighted by Crippen LogP contribution is 2.43. The molecule has 1 fully saturated rings. The molecule has 0 aromatic rings. The van der Waals surface area contributed by atoms with Crippen LogP contribution in [0.1, 0.15) is 49.5 Å². The molecule has 1 aliphatic rings. The maximum atomic E-state index is 12.5. The summed E-state index contributed by atoms with van der Waals surface area (Å²) in [6.45, 7) is 8.66. The van der Waals surface area contributed by atoms with Crippen molar-refractivity contribution < 1.29 is 18.3 Å². The third-order valence-corrected chi connectivity index (χ3v) is 2.63. The fourth-order valence-corrected chi connectivity index (χ4v) is 1.40. The normalized spacial score (nSPS) is 23.2. The van der Waals surface area contributed by atoms with E-state index in [1.165, 1.54) is 0 Å². The Labute approximate surface area is 99.3 Å². The summed E-state index contributed by atoms with van der Waals surface area (Å²) < 4.78 is 33.0. The van der Waals surface area contributed by atoms with E-state index in [9.17, 15) is 8.78 Å². The van der Waals surface area contributed by atoms with Gasteiger partial charge in [0.25, 0.3) is 0 Å². The fraction of sp³-hybridized carbons (Fsp3) is 1.00. The van der Waals surface area contributed by atoms with E-state index < -0.39 is 23.7 Å². The van der Waals surface area contributed by atoms with Crippen LogP contribution < -0.4 is 0 Å². The number of rotatable bonds is 1. The monoisotopic (exact) mass is 242 g/mol. The van der Waals surface area contributed by atoms with Gasteiger partial charge in [-0.05, 0) is 34.6 Å². The molecule has 0 atom stereocenters. The highest BCUT2D eigenvalue weighted by atomic mass is 19.1. The summed E-state index contributed by atoms with van der Waals surface area (Å²) in [7, 11) is 0.500. The second-order valence-electron chi connectivity index (χ2n) is 4.49. The highest BCUT2D eigenvalue weighted by molar-refractivity contribution is 4.97. The Morgan fingerprint density at radius 1 is 0.812 bits per heavy atom. The molecule has 4 heteroatoms.